The minimum atomic E-state index is -0.252. The van der Waals surface area contributed by atoms with Gasteiger partial charge in [-0.25, -0.2) is 14.4 Å². The number of amides is 1. The summed E-state index contributed by atoms with van der Waals surface area (Å²) >= 11 is 0. The number of carbonyl (C=O) groups excluding carboxylic acids is 1. The van der Waals surface area contributed by atoms with Crippen LogP contribution in [0.5, 0.6) is 0 Å². The molecule has 0 unspecified atom stereocenters. The van der Waals surface area contributed by atoms with E-state index >= 15 is 0 Å². The molecule has 2 aromatic heterocycles. The fraction of sp³-hybridized carbons (Fsp3) is 0.250. The molecule has 0 aliphatic carbocycles. The van der Waals surface area contributed by atoms with Crippen molar-refractivity contribution in [1.82, 2.24) is 14.9 Å². The SMILES string of the molecule is O=C(c1cnc(NCc2ccco2)cn1)N1CCN(c2ccc(F)cc2)CC1. The molecule has 0 radical (unpaired) electrons. The Bertz CT molecular complexity index is 905. The lowest BCUT2D eigenvalue weighted by atomic mass is 10.2. The molecule has 1 amide bonds. The van der Waals surface area contributed by atoms with Crippen LogP contribution in [-0.2, 0) is 6.54 Å². The van der Waals surface area contributed by atoms with Crippen molar-refractivity contribution in [2.75, 3.05) is 36.4 Å². The van der Waals surface area contributed by atoms with Crippen LogP contribution in [0.15, 0.2) is 59.5 Å². The molecule has 144 valence electrons. The van der Waals surface area contributed by atoms with E-state index in [1.54, 1.807) is 29.5 Å². The van der Waals surface area contributed by atoms with Gasteiger partial charge in [-0.2, -0.15) is 0 Å². The summed E-state index contributed by atoms with van der Waals surface area (Å²) in [5.74, 6) is 0.983. The zero-order chi connectivity index (χ0) is 19.3. The number of halogens is 1. The van der Waals surface area contributed by atoms with Gasteiger partial charge in [0.1, 0.15) is 23.1 Å². The Morgan fingerprint density at radius 3 is 2.50 bits per heavy atom. The minimum absolute atomic E-state index is 0.135. The van der Waals surface area contributed by atoms with Crippen molar-refractivity contribution < 1.29 is 13.6 Å². The standard InChI is InChI=1S/C20H20FN5O2/c21-15-3-5-16(6-4-15)25-7-9-26(10-8-25)20(27)18-13-24-19(14-22-18)23-12-17-2-1-11-28-17/h1-6,11,13-14H,7-10,12H2,(H,23,24). The first-order chi connectivity index (χ1) is 13.7. The van der Waals surface area contributed by atoms with E-state index < -0.39 is 0 Å². The van der Waals surface area contributed by atoms with Crippen molar-refractivity contribution in [3.8, 4) is 0 Å². The van der Waals surface area contributed by atoms with E-state index in [1.807, 2.05) is 12.1 Å². The van der Waals surface area contributed by atoms with E-state index in [0.29, 0.717) is 44.2 Å². The average molecular weight is 381 g/mol. The molecule has 1 fully saturated rings. The predicted molar refractivity (Wildman–Crippen MR) is 103 cm³/mol. The predicted octanol–water partition coefficient (Wildman–Crippen LogP) is 2.78. The second-order valence-electron chi connectivity index (χ2n) is 6.48. The molecule has 28 heavy (non-hydrogen) atoms. The molecule has 0 spiro atoms. The number of furan rings is 1. The molecule has 1 aliphatic heterocycles. The fourth-order valence-corrected chi connectivity index (χ4v) is 3.10. The van der Waals surface area contributed by atoms with Gasteiger partial charge in [0.25, 0.3) is 5.91 Å². The number of rotatable bonds is 5. The van der Waals surface area contributed by atoms with Gasteiger partial charge in [0.05, 0.1) is 25.2 Å². The third kappa shape index (κ3) is 4.11. The summed E-state index contributed by atoms with van der Waals surface area (Å²) in [6, 6.07) is 10.1. The number of aromatic nitrogens is 2. The van der Waals surface area contributed by atoms with E-state index in [-0.39, 0.29) is 11.7 Å². The Morgan fingerprint density at radius 1 is 1.07 bits per heavy atom. The highest BCUT2D eigenvalue weighted by atomic mass is 19.1. The van der Waals surface area contributed by atoms with E-state index in [2.05, 4.69) is 20.2 Å². The van der Waals surface area contributed by atoms with Gasteiger partial charge < -0.3 is 19.5 Å². The summed E-state index contributed by atoms with van der Waals surface area (Å²) in [7, 11) is 0. The molecule has 3 heterocycles. The fourth-order valence-electron chi connectivity index (χ4n) is 3.10. The highest BCUT2D eigenvalue weighted by Gasteiger charge is 2.23. The van der Waals surface area contributed by atoms with E-state index in [0.717, 1.165) is 11.4 Å². The van der Waals surface area contributed by atoms with Crippen molar-refractivity contribution in [2.45, 2.75) is 6.54 Å². The number of carbonyl (C=O) groups is 1. The van der Waals surface area contributed by atoms with E-state index in [1.165, 1.54) is 18.3 Å². The molecule has 3 aromatic rings. The van der Waals surface area contributed by atoms with Gasteiger partial charge >= 0.3 is 0 Å². The van der Waals surface area contributed by atoms with Crippen LogP contribution in [0.25, 0.3) is 0 Å². The monoisotopic (exact) mass is 381 g/mol. The van der Waals surface area contributed by atoms with E-state index in [9.17, 15) is 9.18 Å². The second kappa shape index (κ2) is 8.08. The summed E-state index contributed by atoms with van der Waals surface area (Å²) in [5, 5.41) is 3.10. The number of hydrogen-bond acceptors (Lipinski definition) is 6. The maximum atomic E-state index is 13.1. The van der Waals surface area contributed by atoms with Crippen LogP contribution < -0.4 is 10.2 Å². The number of nitrogens with one attached hydrogen (secondary N) is 1. The van der Waals surface area contributed by atoms with Gasteiger partial charge in [-0.15, -0.1) is 0 Å². The quantitative estimate of drug-likeness (QED) is 0.733. The Morgan fingerprint density at radius 2 is 1.86 bits per heavy atom. The van der Waals surface area contributed by atoms with Gasteiger partial charge in [-0.05, 0) is 36.4 Å². The topological polar surface area (TPSA) is 74.5 Å². The number of piperazine rings is 1. The van der Waals surface area contributed by atoms with Crippen molar-refractivity contribution in [3.05, 3.63) is 72.3 Å². The van der Waals surface area contributed by atoms with Gasteiger partial charge in [0.2, 0.25) is 0 Å². The first-order valence-electron chi connectivity index (χ1n) is 9.07. The number of nitrogens with zero attached hydrogens (tertiary/aromatic N) is 4. The molecule has 0 bridgehead atoms. The van der Waals surface area contributed by atoms with Crippen LogP contribution in [-0.4, -0.2) is 47.0 Å². The van der Waals surface area contributed by atoms with Gasteiger partial charge in [-0.1, -0.05) is 0 Å². The highest BCUT2D eigenvalue weighted by molar-refractivity contribution is 5.92. The second-order valence-corrected chi connectivity index (χ2v) is 6.48. The van der Waals surface area contributed by atoms with Crippen LogP contribution in [0.3, 0.4) is 0 Å². The molecular formula is C20H20FN5O2. The molecule has 7 nitrogen and oxygen atoms in total. The first kappa shape index (κ1) is 18.0. The Hall–Kier alpha value is -3.42. The zero-order valence-electron chi connectivity index (χ0n) is 15.2. The highest BCUT2D eigenvalue weighted by Crippen LogP contribution is 2.17. The third-order valence-electron chi connectivity index (χ3n) is 4.65. The number of benzene rings is 1. The molecule has 0 atom stereocenters. The summed E-state index contributed by atoms with van der Waals surface area (Å²) in [4.78, 5) is 25.1. The van der Waals surface area contributed by atoms with Crippen LogP contribution in [0.2, 0.25) is 0 Å². The largest absolute Gasteiger partial charge is 0.467 e. The molecular weight excluding hydrogens is 361 g/mol. The van der Waals surface area contributed by atoms with Crippen LogP contribution in [0.4, 0.5) is 15.9 Å². The van der Waals surface area contributed by atoms with Crippen molar-refractivity contribution in [2.24, 2.45) is 0 Å². The Balaban J connectivity index is 1.31. The third-order valence-corrected chi connectivity index (χ3v) is 4.65. The van der Waals surface area contributed by atoms with Gasteiger partial charge in [0, 0.05) is 31.9 Å². The van der Waals surface area contributed by atoms with Crippen molar-refractivity contribution in [1.29, 1.82) is 0 Å². The van der Waals surface area contributed by atoms with Crippen LogP contribution in [0.1, 0.15) is 16.2 Å². The number of anilines is 2. The summed E-state index contributed by atoms with van der Waals surface area (Å²) in [5.41, 5.74) is 1.28. The number of hydrogen-bond donors (Lipinski definition) is 1. The smallest absolute Gasteiger partial charge is 0.274 e. The van der Waals surface area contributed by atoms with E-state index in [4.69, 9.17) is 4.42 Å². The lowest BCUT2D eigenvalue weighted by Crippen LogP contribution is -2.49. The molecule has 8 heteroatoms. The average Bonchev–Trinajstić information content (AvgIpc) is 3.27. The summed E-state index contributed by atoms with van der Waals surface area (Å²) in [6.07, 6.45) is 4.64. The van der Waals surface area contributed by atoms with Crippen LogP contribution in [0, 0.1) is 5.82 Å². The Kier molecular flexibility index (Phi) is 5.18. The lowest BCUT2D eigenvalue weighted by molar-refractivity contribution is 0.0740. The molecule has 1 aromatic carbocycles. The first-order valence-corrected chi connectivity index (χ1v) is 9.07. The van der Waals surface area contributed by atoms with Gasteiger partial charge in [0.15, 0.2) is 0 Å². The maximum absolute atomic E-state index is 13.1. The summed E-state index contributed by atoms with van der Waals surface area (Å²) in [6.45, 7) is 3.04. The van der Waals surface area contributed by atoms with Crippen molar-refractivity contribution >= 4 is 17.4 Å². The molecule has 4 rings (SSSR count). The molecule has 1 N–H and O–H groups in total. The zero-order valence-corrected chi connectivity index (χ0v) is 15.2. The molecule has 1 aliphatic rings. The van der Waals surface area contributed by atoms with Crippen LogP contribution >= 0.6 is 0 Å². The van der Waals surface area contributed by atoms with Gasteiger partial charge in [-0.3, -0.25) is 4.79 Å². The maximum Gasteiger partial charge on any atom is 0.274 e. The lowest BCUT2D eigenvalue weighted by Gasteiger charge is -2.35. The molecule has 0 saturated carbocycles. The van der Waals surface area contributed by atoms with Crippen molar-refractivity contribution in [3.63, 3.8) is 0 Å². The Labute approximate surface area is 161 Å². The normalized spacial score (nSPS) is 14.2. The molecule has 1 saturated heterocycles. The minimum Gasteiger partial charge on any atom is -0.467 e. The summed E-state index contributed by atoms with van der Waals surface area (Å²) < 4.78 is 18.3.